The van der Waals surface area contributed by atoms with Gasteiger partial charge in [0.05, 0.1) is 0 Å². The Hall–Kier alpha value is -0.600. The van der Waals surface area contributed by atoms with Gasteiger partial charge in [0.15, 0.2) is 0 Å². The zero-order chi connectivity index (χ0) is 10.5. The number of hydrogen-bond acceptors (Lipinski definition) is 2. The molecule has 0 N–H and O–H groups in total. The average molecular weight is 241 g/mol. The number of aromatic nitrogens is 1. The topological polar surface area (TPSA) is 16.1 Å². The first kappa shape index (κ1) is 13.5. The second-order valence-corrected chi connectivity index (χ2v) is 4.52. The van der Waals surface area contributed by atoms with Crippen molar-refractivity contribution in [3.63, 3.8) is 0 Å². The summed E-state index contributed by atoms with van der Waals surface area (Å²) in [5.41, 5.74) is 1.23. The molecule has 1 unspecified atom stereocenters. The van der Waals surface area contributed by atoms with Crippen molar-refractivity contribution < 1.29 is 0 Å². The molecule has 1 aliphatic rings. The molecule has 1 aromatic heterocycles. The van der Waals surface area contributed by atoms with Crippen LogP contribution in [0, 0.1) is 0 Å². The first-order chi connectivity index (χ1) is 7.36. The molecule has 2 rings (SSSR count). The highest BCUT2D eigenvalue weighted by Gasteiger charge is 2.14. The molecule has 1 atom stereocenters. The molecule has 1 aromatic rings. The predicted molar refractivity (Wildman–Crippen MR) is 70.2 cm³/mol. The van der Waals surface area contributed by atoms with E-state index < -0.39 is 0 Å². The first-order valence-corrected chi connectivity index (χ1v) is 5.99. The highest BCUT2D eigenvalue weighted by atomic mass is 35.5. The average Bonchev–Trinajstić information content (AvgIpc) is 2.31. The van der Waals surface area contributed by atoms with Gasteiger partial charge in [0.2, 0.25) is 0 Å². The van der Waals surface area contributed by atoms with Crippen LogP contribution in [0.25, 0.3) is 0 Å². The maximum atomic E-state index is 4.42. The molecule has 3 heteroatoms. The minimum absolute atomic E-state index is 0. The zero-order valence-corrected chi connectivity index (χ0v) is 10.7. The molecule has 0 bridgehead atoms. The Labute approximate surface area is 104 Å². The van der Waals surface area contributed by atoms with Crippen LogP contribution in [0.2, 0.25) is 0 Å². The van der Waals surface area contributed by atoms with Crippen LogP contribution < -0.4 is 0 Å². The van der Waals surface area contributed by atoms with Gasteiger partial charge in [-0.25, -0.2) is 0 Å². The Morgan fingerprint density at radius 3 is 2.62 bits per heavy atom. The van der Waals surface area contributed by atoms with Gasteiger partial charge in [-0.2, -0.15) is 0 Å². The Kier molecular flexibility index (Phi) is 5.78. The third-order valence-electron chi connectivity index (χ3n) is 3.17. The van der Waals surface area contributed by atoms with Gasteiger partial charge in [0.1, 0.15) is 0 Å². The van der Waals surface area contributed by atoms with Crippen molar-refractivity contribution in [3.8, 4) is 0 Å². The van der Waals surface area contributed by atoms with Crippen molar-refractivity contribution in [2.75, 3.05) is 19.6 Å². The van der Waals surface area contributed by atoms with Gasteiger partial charge in [-0.05, 0) is 38.1 Å². The van der Waals surface area contributed by atoms with Gasteiger partial charge in [0.25, 0.3) is 0 Å². The Bertz CT molecular complexity index is 283. The molecule has 0 aliphatic carbocycles. The van der Waals surface area contributed by atoms with Crippen LogP contribution in [0.4, 0.5) is 0 Å². The van der Waals surface area contributed by atoms with Gasteiger partial charge < -0.3 is 4.90 Å². The lowest BCUT2D eigenvalue weighted by Gasteiger charge is -2.28. The van der Waals surface area contributed by atoms with Crippen molar-refractivity contribution in [1.82, 2.24) is 9.88 Å². The van der Waals surface area contributed by atoms with Crippen molar-refractivity contribution >= 4 is 12.4 Å². The molecule has 0 spiro atoms. The molecule has 1 saturated heterocycles. The van der Waals surface area contributed by atoms with Crippen LogP contribution in [0.3, 0.4) is 0 Å². The molecule has 0 saturated carbocycles. The molecule has 1 aliphatic heterocycles. The molecule has 0 aromatic carbocycles. The summed E-state index contributed by atoms with van der Waals surface area (Å²) in [5.74, 6) is 0.560. The van der Waals surface area contributed by atoms with Crippen LogP contribution in [-0.2, 0) is 0 Å². The number of piperidine rings is 1. The van der Waals surface area contributed by atoms with Gasteiger partial charge in [-0.3, -0.25) is 4.98 Å². The SMILES string of the molecule is CC(CN1CCCCC1)c1ccccn1.Cl. The van der Waals surface area contributed by atoms with Gasteiger partial charge in [-0.1, -0.05) is 19.4 Å². The minimum Gasteiger partial charge on any atom is -0.303 e. The first-order valence-electron chi connectivity index (χ1n) is 5.99. The van der Waals surface area contributed by atoms with Crippen molar-refractivity contribution in [2.24, 2.45) is 0 Å². The van der Waals surface area contributed by atoms with Gasteiger partial charge >= 0.3 is 0 Å². The Balaban J connectivity index is 0.00000128. The summed E-state index contributed by atoms with van der Waals surface area (Å²) in [6, 6.07) is 6.20. The molecule has 16 heavy (non-hydrogen) atoms. The van der Waals surface area contributed by atoms with E-state index in [0.29, 0.717) is 5.92 Å². The summed E-state index contributed by atoms with van der Waals surface area (Å²) in [6.45, 7) is 5.99. The third-order valence-corrected chi connectivity index (χ3v) is 3.17. The number of likely N-dealkylation sites (tertiary alicyclic amines) is 1. The van der Waals surface area contributed by atoms with Crippen LogP contribution in [0.15, 0.2) is 24.4 Å². The standard InChI is InChI=1S/C13H20N2.ClH/c1-12(13-7-3-4-8-14-13)11-15-9-5-2-6-10-15;/h3-4,7-8,12H,2,5-6,9-11H2,1H3;1H. The summed E-state index contributed by atoms with van der Waals surface area (Å²) in [4.78, 5) is 6.99. The summed E-state index contributed by atoms with van der Waals surface area (Å²) < 4.78 is 0. The fourth-order valence-corrected chi connectivity index (χ4v) is 2.29. The van der Waals surface area contributed by atoms with Crippen LogP contribution in [0.5, 0.6) is 0 Å². The highest BCUT2D eigenvalue weighted by Crippen LogP contribution is 2.16. The van der Waals surface area contributed by atoms with E-state index in [2.05, 4.69) is 28.9 Å². The molecule has 0 amide bonds. The molecule has 0 radical (unpaired) electrons. The van der Waals surface area contributed by atoms with Crippen LogP contribution in [-0.4, -0.2) is 29.5 Å². The molecule has 90 valence electrons. The normalized spacial score (nSPS) is 18.8. The Morgan fingerprint density at radius 2 is 2.00 bits per heavy atom. The second kappa shape index (κ2) is 6.87. The lowest BCUT2D eigenvalue weighted by atomic mass is 10.0. The second-order valence-electron chi connectivity index (χ2n) is 4.52. The number of hydrogen-bond donors (Lipinski definition) is 0. The van der Waals surface area contributed by atoms with Crippen LogP contribution >= 0.6 is 12.4 Å². The van der Waals surface area contributed by atoms with E-state index in [9.17, 15) is 0 Å². The monoisotopic (exact) mass is 240 g/mol. The molecule has 2 nitrogen and oxygen atoms in total. The maximum absolute atomic E-state index is 4.42. The van der Waals surface area contributed by atoms with Crippen LogP contribution in [0.1, 0.15) is 37.8 Å². The van der Waals surface area contributed by atoms with Gasteiger partial charge in [-0.15, -0.1) is 12.4 Å². The fourth-order valence-electron chi connectivity index (χ4n) is 2.29. The van der Waals surface area contributed by atoms with Crippen molar-refractivity contribution in [1.29, 1.82) is 0 Å². The summed E-state index contributed by atoms with van der Waals surface area (Å²) in [7, 11) is 0. The van der Waals surface area contributed by atoms with E-state index in [4.69, 9.17) is 0 Å². The highest BCUT2D eigenvalue weighted by molar-refractivity contribution is 5.85. The molecular formula is C13H21ClN2. The summed E-state index contributed by atoms with van der Waals surface area (Å²) >= 11 is 0. The fraction of sp³-hybridized carbons (Fsp3) is 0.615. The van der Waals surface area contributed by atoms with E-state index in [1.165, 1.54) is 38.0 Å². The number of pyridine rings is 1. The van der Waals surface area contributed by atoms with E-state index in [-0.39, 0.29) is 12.4 Å². The van der Waals surface area contributed by atoms with Crippen molar-refractivity contribution in [2.45, 2.75) is 32.1 Å². The summed E-state index contributed by atoms with van der Waals surface area (Å²) in [5, 5.41) is 0. The lowest BCUT2D eigenvalue weighted by molar-refractivity contribution is 0.218. The smallest absolute Gasteiger partial charge is 0.0444 e. The third kappa shape index (κ3) is 3.76. The predicted octanol–water partition coefficient (Wildman–Crippen LogP) is 3.09. The van der Waals surface area contributed by atoms with E-state index >= 15 is 0 Å². The lowest BCUT2D eigenvalue weighted by Crippen LogP contribution is -2.33. The van der Waals surface area contributed by atoms with E-state index in [0.717, 1.165) is 6.54 Å². The van der Waals surface area contributed by atoms with Gasteiger partial charge in [0, 0.05) is 24.4 Å². The van der Waals surface area contributed by atoms with Crippen molar-refractivity contribution in [3.05, 3.63) is 30.1 Å². The molecule has 2 heterocycles. The minimum atomic E-state index is 0. The number of nitrogens with zero attached hydrogens (tertiary/aromatic N) is 2. The Morgan fingerprint density at radius 1 is 1.25 bits per heavy atom. The zero-order valence-electron chi connectivity index (χ0n) is 9.93. The van der Waals surface area contributed by atoms with E-state index in [1.807, 2.05) is 12.3 Å². The quantitative estimate of drug-likeness (QED) is 0.807. The number of halogens is 1. The molecule has 1 fully saturated rings. The number of rotatable bonds is 3. The molecular weight excluding hydrogens is 220 g/mol. The largest absolute Gasteiger partial charge is 0.303 e. The summed E-state index contributed by atoms with van der Waals surface area (Å²) in [6.07, 6.45) is 6.04. The maximum Gasteiger partial charge on any atom is 0.0444 e. The van der Waals surface area contributed by atoms with E-state index in [1.54, 1.807) is 0 Å².